The number of rotatable bonds is 5. The van der Waals surface area contributed by atoms with Crippen LogP contribution in [0.15, 0.2) is 66.9 Å². The SMILES string of the molecule is O=C(C=Cc1cnc2ccccc2n1)N1CCC(CCc2ccccc2)CC1. The molecule has 0 atom stereocenters. The Labute approximate surface area is 165 Å². The molecule has 2 aromatic carbocycles. The Morgan fingerprint density at radius 3 is 2.50 bits per heavy atom. The fourth-order valence-electron chi connectivity index (χ4n) is 3.77. The van der Waals surface area contributed by atoms with Crippen molar-refractivity contribution in [2.75, 3.05) is 13.1 Å². The maximum atomic E-state index is 12.5. The van der Waals surface area contributed by atoms with Crippen LogP contribution in [0, 0.1) is 5.92 Å². The van der Waals surface area contributed by atoms with Gasteiger partial charge in [-0.15, -0.1) is 0 Å². The molecule has 1 aliphatic heterocycles. The van der Waals surface area contributed by atoms with E-state index in [0.717, 1.165) is 43.4 Å². The third-order valence-corrected chi connectivity index (χ3v) is 5.47. The lowest BCUT2D eigenvalue weighted by Crippen LogP contribution is -2.37. The summed E-state index contributed by atoms with van der Waals surface area (Å²) in [4.78, 5) is 23.4. The lowest BCUT2D eigenvalue weighted by atomic mass is 9.90. The average molecular weight is 371 g/mol. The van der Waals surface area contributed by atoms with Crippen LogP contribution in [0.2, 0.25) is 0 Å². The van der Waals surface area contributed by atoms with Gasteiger partial charge in [0.2, 0.25) is 5.91 Å². The number of aromatic nitrogens is 2. The highest BCUT2D eigenvalue weighted by molar-refractivity contribution is 5.91. The molecule has 0 radical (unpaired) electrons. The molecule has 2 heterocycles. The summed E-state index contributed by atoms with van der Waals surface area (Å²) in [6, 6.07) is 18.4. The number of benzene rings is 2. The van der Waals surface area contributed by atoms with Crippen molar-refractivity contribution in [1.82, 2.24) is 14.9 Å². The Morgan fingerprint density at radius 2 is 1.71 bits per heavy atom. The number of hydrogen-bond acceptors (Lipinski definition) is 3. The van der Waals surface area contributed by atoms with E-state index in [1.165, 1.54) is 12.0 Å². The number of aryl methyl sites for hydroxylation is 1. The van der Waals surface area contributed by atoms with Crippen molar-refractivity contribution < 1.29 is 4.79 Å². The van der Waals surface area contributed by atoms with Crippen LogP contribution in [-0.2, 0) is 11.2 Å². The van der Waals surface area contributed by atoms with E-state index in [9.17, 15) is 4.79 Å². The first-order chi connectivity index (χ1) is 13.8. The third-order valence-electron chi connectivity index (χ3n) is 5.47. The number of amides is 1. The van der Waals surface area contributed by atoms with Gasteiger partial charge in [-0.05, 0) is 55.4 Å². The Balaban J connectivity index is 1.28. The number of carbonyl (C=O) groups excluding carboxylic acids is 1. The second-order valence-corrected chi connectivity index (χ2v) is 7.41. The Bertz CT molecular complexity index is 960. The van der Waals surface area contributed by atoms with Gasteiger partial charge in [0.15, 0.2) is 0 Å². The highest BCUT2D eigenvalue weighted by atomic mass is 16.2. The maximum absolute atomic E-state index is 12.5. The summed E-state index contributed by atoms with van der Waals surface area (Å²) >= 11 is 0. The Kier molecular flexibility index (Phi) is 5.76. The van der Waals surface area contributed by atoms with Crippen molar-refractivity contribution in [3.05, 3.63) is 78.1 Å². The van der Waals surface area contributed by atoms with E-state index < -0.39 is 0 Å². The van der Waals surface area contributed by atoms with Gasteiger partial charge in [0.25, 0.3) is 0 Å². The van der Waals surface area contributed by atoms with Gasteiger partial charge >= 0.3 is 0 Å². The molecular weight excluding hydrogens is 346 g/mol. The van der Waals surface area contributed by atoms with E-state index in [1.807, 2.05) is 29.2 Å². The second-order valence-electron chi connectivity index (χ2n) is 7.41. The van der Waals surface area contributed by atoms with E-state index in [4.69, 9.17) is 0 Å². The van der Waals surface area contributed by atoms with E-state index in [2.05, 4.69) is 40.3 Å². The summed E-state index contributed by atoms with van der Waals surface area (Å²) in [5.74, 6) is 0.774. The molecule has 0 saturated carbocycles. The fraction of sp³-hybridized carbons (Fsp3) is 0.292. The molecule has 4 heteroatoms. The van der Waals surface area contributed by atoms with Gasteiger partial charge in [-0.1, -0.05) is 42.5 Å². The molecule has 1 aliphatic rings. The molecule has 1 aromatic heterocycles. The minimum Gasteiger partial charge on any atom is -0.339 e. The van der Waals surface area contributed by atoms with Gasteiger partial charge in [-0.3, -0.25) is 9.78 Å². The molecule has 1 saturated heterocycles. The lowest BCUT2D eigenvalue weighted by Gasteiger charge is -2.31. The predicted molar refractivity (Wildman–Crippen MR) is 113 cm³/mol. The van der Waals surface area contributed by atoms with Crippen molar-refractivity contribution in [3.8, 4) is 0 Å². The molecule has 0 bridgehead atoms. The third kappa shape index (κ3) is 4.63. The first-order valence-electron chi connectivity index (χ1n) is 10.0. The number of nitrogens with zero attached hydrogens (tertiary/aromatic N) is 3. The van der Waals surface area contributed by atoms with Crippen molar-refractivity contribution in [1.29, 1.82) is 0 Å². The minimum absolute atomic E-state index is 0.0662. The molecule has 0 aliphatic carbocycles. The van der Waals surface area contributed by atoms with Crippen molar-refractivity contribution in [2.24, 2.45) is 5.92 Å². The zero-order chi connectivity index (χ0) is 19.2. The van der Waals surface area contributed by atoms with Gasteiger partial charge < -0.3 is 4.90 Å². The van der Waals surface area contributed by atoms with Gasteiger partial charge in [0, 0.05) is 19.2 Å². The van der Waals surface area contributed by atoms with Crippen LogP contribution in [0.4, 0.5) is 0 Å². The van der Waals surface area contributed by atoms with Gasteiger partial charge in [-0.2, -0.15) is 0 Å². The monoisotopic (exact) mass is 371 g/mol. The van der Waals surface area contributed by atoms with Gasteiger partial charge in [-0.25, -0.2) is 4.98 Å². The highest BCUT2D eigenvalue weighted by Crippen LogP contribution is 2.22. The van der Waals surface area contributed by atoms with E-state index >= 15 is 0 Å². The Morgan fingerprint density at radius 1 is 1.00 bits per heavy atom. The fourth-order valence-corrected chi connectivity index (χ4v) is 3.77. The van der Waals surface area contributed by atoms with Crippen molar-refractivity contribution in [3.63, 3.8) is 0 Å². The topological polar surface area (TPSA) is 46.1 Å². The molecule has 1 amide bonds. The van der Waals surface area contributed by atoms with Crippen LogP contribution in [0.1, 0.15) is 30.5 Å². The average Bonchev–Trinajstić information content (AvgIpc) is 2.77. The first-order valence-corrected chi connectivity index (χ1v) is 10.0. The molecule has 0 unspecified atom stereocenters. The minimum atomic E-state index is 0.0662. The first kappa shape index (κ1) is 18.4. The number of likely N-dealkylation sites (tertiary alicyclic amines) is 1. The molecule has 1 fully saturated rings. The summed E-state index contributed by atoms with van der Waals surface area (Å²) in [5, 5.41) is 0. The summed E-state index contributed by atoms with van der Waals surface area (Å²) in [6.45, 7) is 1.68. The van der Waals surface area contributed by atoms with E-state index in [1.54, 1.807) is 18.3 Å². The molecule has 0 spiro atoms. The Hall–Kier alpha value is -3.01. The quantitative estimate of drug-likeness (QED) is 0.620. The molecule has 3 aromatic rings. The van der Waals surface area contributed by atoms with Crippen LogP contribution >= 0.6 is 0 Å². The maximum Gasteiger partial charge on any atom is 0.246 e. The van der Waals surface area contributed by atoms with Crippen LogP contribution in [0.3, 0.4) is 0 Å². The number of hydrogen-bond donors (Lipinski definition) is 0. The number of para-hydroxylation sites is 2. The summed E-state index contributed by atoms with van der Waals surface area (Å²) in [6.07, 6.45) is 9.60. The molecule has 28 heavy (non-hydrogen) atoms. The molecule has 4 rings (SSSR count). The van der Waals surface area contributed by atoms with E-state index in [-0.39, 0.29) is 5.91 Å². The van der Waals surface area contributed by atoms with Crippen molar-refractivity contribution in [2.45, 2.75) is 25.7 Å². The number of carbonyl (C=O) groups is 1. The van der Waals surface area contributed by atoms with Gasteiger partial charge in [0.05, 0.1) is 22.9 Å². The lowest BCUT2D eigenvalue weighted by molar-refractivity contribution is -0.127. The van der Waals surface area contributed by atoms with Crippen LogP contribution in [-0.4, -0.2) is 33.9 Å². The second kappa shape index (κ2) is 8.79. The summed E-state index contributed by atoms with van der Waals surface area (Å²) in [5.41, 5.74) is 3.82. The van der Waals surface area contributed by atoms with Crippen LogP contribution in [0.5, 0.6) is 0 Å². The molecule has 142 valence electrons. The largest absolute Gasteiger partial charge is 0.339 e. The zero-order valence-corrected chi connectivity index (χ0v) is 16.0. The van der Waals surface area contributed by atoms with Crippen LogP contribution in [0.25, 0.3) is 17.1 Å². The zero-order valence-electron chi connectivity index (χ0n) is 16.0. The highest BCUT2D eigenvalue weighted by Gasteiger charge is 2.21. The van der Waals surface area contributed by atoms with Crippen molar-refractivity contribution >= 4 is 23.0 Å². The summed E-state index contributed by atoms with van der Waals surface area (Å²) in [7, 11) is 0. The molecular formula is C24H25N3O. The standard InChI is InChI=1S/C24H25N3O/c28-24(13-12-21-18-25-22-8-4-5-9-23(22)26-21)27-16-14-20(15-17-27)11-10-19-6-2-1-3-7-19/h1-9,12-13,18,20H,10-11,14-17H2. The smallest absolute Gasteiger partial charge is 0.246 e. The van der Waals surface area contributed by atoms with Crippen LogP contribution < -0.4 is 0 Å². The van der Waals surface area contributed by atoms with Gasteiger partial charge in [0.1, 0.15) is 0 Å². The molecule has 4 nitrogen and oxygen atoms in total. The normalized spacial score (nSPS) is 15.4. The number of fused-ring (bicyclic) bond motifs is 1. The summed E-state index contributed by atoms with van der Waals surface area (Å²) < 4.78 is 0. The number of piperidine rings is 1. The molecule has 0 N–H and O–H groups in total. The van der Waals surface area contributed by atoms with E-state index in [0.29, 0.717) is 11.6 Å². The predicted octanol–water partition coefficient (Wildman–Crippen LogP) is 4.51.